The van der Waals surface area contributed by atoms with E-state index >= 15 is 0 Å². The smallest absolute Gasteiger partial charge is 0.121 e. The highest BCUT2D eigenvalue weighted by Crippen LogP contribution is 2.16. The van der Waals surface area contributed by atoms with Crippen LogP contribution in [0.5, 0.6) is 0 Å². The van der Waals surface area contributed by atoms with Crippen molar-refractivity contribution < 1.29 is 0 Å². The van der Waals surface area contributed by atoms with Gasteiger partial charge in [-0.25, -0.2) is 0 Å². The van der Waals surface area contributed by atoms with Crippen LogP contribution in [0.4, 0.5) is 0 Å². The number of rotatable bonds is 4. The van der Waals surface area contributed by atoms with Gasteiger partial charge in [-0.2, -0.15) is 5.26 Å². The maximum atomic E-state index is 9.04. The summed E-state index contributed by atoms with van der Waals surface area (Å²) in [5.74, 6) is 0. The second kappa shape index (κ2) is 5.33. The van der Waals surface area contributed by atoms with Crippen molar-refractivity contribution in [3.8, 4) is 6.07 Å². The number of hydrogen-bond acceptors (Lipinski definition) is 2. The van der Waals surface area contributed by atoms with Crippen LogP contribution in [-0.2, 0) is 0 Å². The summed E-state index contributed by atoms with van der Waals surface area (Å²) in [6.45, 7) is 8.35. The Kier molecular flexibility index (Phi) is 4.08. The highest BCUT2D eigenvalue weighted by molar-refractivity contribution is 5.33. The molecular weight excluding hydrogens is 184 g/mol. The highest BCUT2D eigenvalue weighted by Gasteiger charge is 2.09. The zero-order chi connectivity index (χ0) is 11.3. The van der Waals surface area contributed by atoms with Crippen LogP contribution >= 0.6 is 0 Å². The molecule has 1 atom stereocenters. The summed E-state index contributed by atoms with van der Waals surface area (Å²) < 4.78 is 0. The Balaban J connectivity index is 2.92. The van der Waals surface area contributed by atoms with Crippen molar-refractivity contribution in [2.24, 2.45) is 0 Å². The SMILES string of the molecule is C=CCNC(C#N)c1cc(C)cc(C)c1. The van der Waals surface area contributed by atoms with Gasteiger partial charge in [-0.1, -0.05) is 35.4 Å². The summed E-state index contributed by atoms with van der Waals surface area (Å²) in [5.41, 5.74) is 3.40. The standard InChI is InChI=1S/C13H16N2/c1-4-5-15-13(9-14)12-7-10(2)6-11(3)8-12/h4,6-8,13,15H,1,5H2,2-3H3. The monoisotopic (exact) mass is 200 g/mol. The molecule has 1 aromatic carbocycles. The van der Waals surface area contributed by atoms with Crippen molar-refractivity contribution in [2.45, 2.75) is 19.9 Å². The van der Waals surface area contributed by atoms with Gasteiger partial charge in [0.1, 0.15) is 6.04 Å². The van der Waals surface area contributed by atoms with Gasteiger partial charge >= 0.3 is 0 Å². The summed E-state index contributed by atoms with van der Waals surface area (Å²) in [4.78, 5) is 0. The molecule has 0 bridgehead atoms. The minimum absolute atomic E-state index is 0.249. The quantitative estimate of drug-likeness (QED) is 0.758. The molecule has 0 amide bonds. The fourth-order valence-electron chi connectivity index (χ4n) is 1.62. The minimum Gasteiger partial charge on any atom is -0.295 e. The van der Waals surface area contributed by atoms with Crippen molar-refractivity contribution in [3.63, 3.8) is 0 Å². The Bertz CT molecular complexity index is 368. The molecule has 0 aliphatic rings. The average Bonchev–Trinajstić information content (AvgIpc) is 2.17. The van der Waals surface area contributed by atoms with E-state index in [1.807, 2.05) is 26.0 Å². The topological polar surface area (TPSA) is 35.8 Å². The van der Waals surface area contributed by atoms with E-state index in [1.165, 1.54) is 11.1 Å². The van der Waals surface area contributed by atoms with Gasteiger partial charge in [0.15, 0.2) is 0 Å². The number of aryl methyl sites for hydroxylation is 2. The van der Waals surface area contributed by atoms with E-state index in [2.05, 4.69) is 24.0 Å². The van der Waals surface area contributed by atoms with Crippen LogP contribution in [0, 0.1) is 25.2 Å². The Morgan fingerprint density at radius 3 is 2.47 bits per heavy atom. The van der Waals surface area contributed by atoms with Crippen LogP contribution in [0.3, 0.4) is 0 Å². The van der Waals surface area contributed by atoms with Gasteiger partial charge in [0.25, 0.3) is 0 Å². The molecule has 2 nitrogen and oxygen atoms in total. The van der Waals surface area contributed by atoms with Crippen molar-refractivity contribution in [3.05, 3.63) is 47.5 Å². The number of benzene rings is 1. The first-order valence-electron chi connectivity index (χ1n) is 4.99. The fraction of sp³-hybridized carbons (Fsp3) is 0.308. The maximum Gasteiger partial charge on any atom is 0.121 e. The van der Waals surface area contributed by atoms with Crippen molar-refractivity contribution >= 4 is 0 Å². The van der Waals surface area contributed by atoms with E-state index < -0.39 is 0 Å². The molecule has 0 aromatic heterocycles. The maximum absolute atomic E-state index is 9.04. The molecule has 0 saturated carbocycles. The van der Waals surface area contributed by atoms with Crippen LogP contribution in [0.2, 0.25) is 0 Å². The van der Waals surface area contributed by atoms with Gasteiger partial charge in [0.05, 0.1) is 6.07 Å². The average molecular weight is 200 g/mol. The summed E-state index contributed by atoms with van der Waals surface area (Å²) in [6.07, 6.45) is 1.76. The largest absolute Gasteiger partial charge is 0.295 e. The third kappa shape index (κ3) is 3.23. The molecule has 1 rings (SSSR count). The van der Waals surface area contributed by atoms with Gasteiger partial charge in [0, 0.05) is 6.54 Å². The van der Waals surface area contributed by atoms with E-state index in [1.54, 1.807) is 6.08 Å². The second-order valence-electron chi connectivity index (χ2n) is 3.68. The first kappa shape index (κ1) is 11.5. The molecule has 0 heterocycles. The number of nitrogens with one attached hydrogen (secondary N) is 1. The lowest BCUT2D eigenvalue weighted by Crippen LogP contribution is -2.19. The second-order valence-corrected chi connectivity index (χ2v) is 3.68. The van der Waals surface area contributed by atoms with Crippen LogP contribution in [0.15, 0.2) is 30.9 Å². The normalized spacial score (nSPS) is 11.8. The third-order valence-corrected chi connectivity index (χ3v) is 2.17. The number of nitrogens with zero attached hydrogens (tertiary/aromatic N) is 1. The Labute approximate surface area is 91.2 Å². The first-order chi connectivity index (χ1) is 7.17. The molecule has 15 heavy (non-hydrogen) atoms. The van der Waals surface area contributed by atoms with E-state index in [9.17, 15) is 0 Å². The van der Waals surface area contributed by atoms with E-state index in [-0.39, 0.29) is 6.04 Å². The predicted octanol–water partition coefficient (Wildman–Crippen LogP) is 2.64. The number of hydrogen-bond donors (Lipinski definition) is 1. The molecule has 0 aliphatic heterocycles. The van der Waals surface area contributed by atoms with E-state index in [4.69, 9.17) is 5.26 Å². The van der Waals surface area contributed by atoms with Crippen LogP contribution in [0.1, 0.15) is 22.7 Å². The molecule has 0 spiro atoms. The van der Waals surface area contributed by atoms with Gasteiger partial charge in [0.2, 0.25) is 0 Å². The van der Waals surface area contributed by atoms with Crippen LogP contribution in [-0.4, -0.2) is 6.54 Å². The lowest BCUT2D eigenvalue weighted by molar-refractivity contribution is 0.682. The van der Waals surface area contributed by atoms with Gasteiger partial charge in [-0.3, -0.25) is 5.32 Å². The Morgan fingerprint density at radius 1 is 1.40 bits per heavy atom. The summed E-state index contributed by atoms with van der Waals surface area (Å²) in [7, 11) is 0. The summed E-state index contributed by atoms with van der Waals surface area (Å²) in [5, 5.41) is 12.2. The molecule has 1 aromatic rings. The summed E-state index contributed by atoms with van der Waals surface area (Å²) >= 11 is 0. The van der Waals surface area contributed by atoms with Gasteiger partial charge < -0.3 is 0 Å². The lowest BCUT2D eigenvalue weighted by atomic mass is 10.0. The minimum atomic E-state index is -0.249. The van der Waals surface area contributed by atoms with E-state index in [0.29, 0.717) is 6.54 Å². The third-order valence-electron chi connectivity index (χ3n) is 2.17. The molecule has 1 N–H and O–H groups in total. The Hall–Kier alpha value is -1.59. The van der Waals surface area contributed by atoms with Crippen LogP contribution in [0.25, 0.3) is 0 Å². The van der Waals surface area contributed by atoms with E-state index in [0.717, 1.165) is 5.56 Å². The molecule has 78 valence electrons. The van der Waals surface area contributed by atoms with Gasteiger partial charge in [-0.15, -0.1) is 6.58 Å². The fourth-order valence-corrected chi connectivity index (χ4v) is 1.62. The molecule has 0 radical (unpaired) electrons. The van der Waals surface area contributed by atoms with Crippen molar-refractivity contribution in [1.82, 2.24) is 5.32 Å². The molecule has 1 unspecified atom stereocenters. The molecule has 0 aliphatic carbocycles. The zero-order valence-electron chi connectivity index (χ0n) is 9.25. The summed E-state index contributed by atoms with van der Waals surface area (Å²) in [6, 6.07) is 8.18. The highest BCUT2D eigenvalue weighted by atomic mass is 14.9. The predicted molar refractivity (Wildman–Crippen MR) is 62.5 cm³/mol. The van der Waals surface area contributed by atoms with Crippen molar-refractivity contribution in [2.75, 3.05) is 6.54 Å². The Morgan fingerprint density at radius 2 is 2.00 bits per heavy atom. The first-order valence-corrected chi connectivity index (χ1v) is 4.99. The van der Waals surface area contributed by atoms with Crippen molar-refractivity contribution in [1.29, 1.82) is 5.26 Å². The molecular formula is C13H16N2. The number of nitriles is 1. The molecule has 0 saturated heterocycles. The molecule has 2 heteroatoms. The van der Waals surface area contributed by atoms with Crippen LogP contribution < -0.4 is 5.32 Å². The van der Waals surface area contributed by atoms with Gasteiger partial charge in [-0.05, 0) is 19.4 Å². The lowest BCUT2D eigenvalue weighted by Gasteiger charge is -2.11. The zero-order valence-corrected chi connectivity index (χ0v) is 9.25. The molecule has 0 fully saturated rings.